The Hall–Kier alpha value is -1.10. The summed E-state index contributed by atoms with van der Waals surface area (Å²) in [6.07, 6.45) is 1.78. The molecule has 1 amide bonds. The highest BCUT2D eigenvalue weighted by molar-refractivity contribution is 5.85. The normalized spacial score (nSPS) is 20.2. The number of likely N-dealkylation sites (tertiary alicyclic amines) is 1. The van der Waals surface area contributed by atoms with Crippen molar-refractivity contribution in [2.24, 2.45) is 5.92 Å². The first-order valence-electron chi connectivity index (χ1n) is 6.63. The number of likely N-dealkylation sites (N-methyl/N-ethyl adjacent to an activating group) is 1. The van der Waals surface area contributed by atoms with Gasteiger partial charge in [0.2, 0.25) is 5.91 Å². The molecule has 5 heteroatoms. The molecular weight excluding hydrogens is 232 g/mol. The fourth-order valence-electron chi connectivity index (χ4n) is 2.49. The lowest BCUT2D eigenvalue weighted by Crippen LogP contribution is -2.53. The number of hydrogen-bond donors (Lipinski definition) is 2. The molecule has 1 saturated heterocycles. The molecule has 0 aliphatic carbocycles. The van der Waals surface area contributed by atoms with Crippen molar-refractivity contribution in [2.45, 2.75) is 45.6 Å². The molecule has 0 spiro atoms. The van der Waals surface area contributed by atoms with Crippen LogP contribution in [0.15, 0.2) is 0 Å². The number of amides is 1. The second kappa shape index (κ2) is 6.18. The van der Waals surface area contributed by atoms with Crippen molar-refractivity contribution in [2.75, 3.05) is 19.6 Å². The Labute approximate surface area is 109 Å². The van der Waals surface area contributed by atoms with Gasteiger partial charge in [0.1, 0.15) is 0 Å². The van der Waals surface area contributed by atoms with E-state index in [1.807, 2.05) is 25.7 Å². The minimum absolute atomic E-state index is 0.113. The lowest BCUT2D eigenvalue weighted by atomic mass is 10.0. The largest absolute Gasteiger partial charge is 0.481 e. The number of carbonyl (C=O) groups is 2. The molecule has 1 unspecified atom stereocenters. The van der Waals surface area contributed by atoms with Crippen LogP contribution in [0.1, 0.15) is 40.0 Å². The zero-order chi connectivity index (χ0) is 13.8. The number of nitrogens with one attached hydrogen (secondary N) is 1. The van der Waals surface area contributed by atoms with Crippen LogP contribution in [-0.2, 0) is 9.59 Å². The SMILES string of the molecule is CCNC(C)(C)C(=O)N1CCC(CCC(=O)O)C1. The predicted octanol–water partition coefficient (Wildman–Crippen LogP) is 1.09. The van der Waals surface area contributed by atoms with Crippen LogP contribution in [0.2, 0.25) is 0 Å². The number of rotatable bonds is 6. The number of aliphatic carboxylic acids is 1. The van der Waals surface area contributed by atoms with Gasteiger partial charge in [0, 0.05) is 19.5 Å². The van der Waals surface area contributed by atoms with Gasteiger partial charge in [-0.25, -0.2) is 0 Å². The van der Waals surface area contributed by atoms with E-state index >= 15 is 0 Å². The Balaban J connectivity index is 2.46. The van der Waals surface area contributed by atoms with Crippen LogP contribution in [0.25, 0.3) is 0 Å². The van der Waals surface area contributed by atoms with E-state index in [0.29, 0.717) is 18.9 Å². The molecule has 1 aliphatic heterocycles. The molecule has 1 fully saturated rings. The highest BCUT2D eigenvalue weighted by Gasteiger charge is 2.35. The van der Waals surface area contributed by atoms with Gasteiger partial charge in [-0.15, -0.1) is 0 Å². The number of carboxylic acids is 1. The molecule has 5 nitrogen and oxygen atoms in total. The lowest BCUT2D eigenvalue weighted by Gasteiger charge is -2.30. The van der Waals surface area contributed by atoms with Crippen LogP contribution >= 0.6 is 0 Å². The summed E-state index contributed by atoms with van der Waals surface area (Å²) in [6.45, 7) is 7.97. The van der Waals surface area contributed by atoms with E-state index in [2.05, 4.69) is 5.32 Å². The third-order valence-electron chi connectivity index (χ3n) is 3.49. The van der Waals surface area contributed by atoms with E-state index in [1.165, 1.54) is 0 Å². The second-order valence-corrected chi connectivity index (χ2v) is 5.49. The Morgan fingerprint density at radius 2 is 2.11 bits per heavy atom. The first kappa shape index (κ1) is 15.0. The molecule has 1 heterocycles. The van der Waals surface area contributed by atoms with Crippen molar-refractivity contribution in [1.82, 2.24) is 10.2 Å². The van der Waals surface area contributed by atoms with Crippen molar-refractivity contribution >= 4 is 11.9 Å². The fourth-order valence-corrected chi connectivity index (χ4v) is 2.49. The van der Waals surface area contributed by atoms with E-state index in [1.54, 1.807) is 0 Å². The molecule has 2 N–H and O–H groups in total. The highest BCUT2D eigenvalue weighted by atomic mass is 16.4. The van der Waals surface area contributed by atoms with Gasteiger partial charge in [0.15, 0.2) is 0 Å². The van der Waals surface area contributed by atoms with Gasteiger partial charge in [-0.2, -0.15) is 0 Å². The molecule has 104 valence electrons. The third-order valence-corrected chi connectivity index (χ3v) is 3.49. The van der Waals surface area contributed by atoms with Gasteiger partial charge in [0.25, 0.3) is 0 Å². The van der Waals surface area contributed by atoms with Crippen LogP contribution in [-0.4, -0.2) is 47.1 Å². The van der Waals surface area contributed by atoms with E-state index in [-0.39, 0.29) is 12.3 Å². The Bertz CT molecular complexity index is 315. The summed E-state index contributed by atoms with van der Waals surface area (Å²) in [5, 5.41) is 11.8. The summed E-state index contributed by atoms with van der Waals surface area (Å²) in [5.74, 6) is -0.308. The molecule has 0 aromatic carbocycles. The molecular formula is C13H24N2O3. The third kappa shape index (κ3) is 3.98. The van der Waals surface area contributed by atoms with E-state index in [9.17, 15) is 9.59 Å². The van der Waals surface area contributed by atoms with Crippen molar-refractivity contribution in [3.8, 4) is 0 Å². The minimum atomic E-state index is -0.757. The lowest BCUT2D eigenvalue weighted by molar-refractivity contribution is -0.137. The van der Waals surface area contributed by atoms with Crippen molar-refractivity contribution in [1.29, 1.82) is 0 Å². The minimum Gasteiger partial charge on any atom is -0.481 e. The zero-order valence-corrected chi connectivity index (χ0v) is 11.5. The van der Waals surface area contributed by atoms with E-state index in [4.69, 9.17) is 5.11 Å². The molecule has 1 atom stereocenters. The van der Waals surface area contributed by atoms with Gasteiger partial charge in [-0.1, -0.05) is 6.92 Å². The van der Waals surface area contributed by atoms with Crippen LogP contribution < -0.4 is 5.32 Å². The average Bonchev–Trinajstić information content (AvgIpc) is 2.73. The molecule has 0 aromatic heterocycles. The number of nitrogens with zero attached hydrogens (tertiary/aromatic N) is 1. The Morgan fingerprint density at radius 3 is 2.67 bits per heavy atom. The molecule has 1 aliphatic rings. The quantitative estimate of drug-likeness (QED) is 0.746. The molecule has 0 bridgehead atoms. The smallest absolute Gasteiger partial charge is 0.303 e. The maximum atomic E-state index is 12.3. The Morgan fingerprint density at radius 1 is 1.44 bits per heavy atom. The fraction of sp³-hybridized carbons (Fsp3) is 0.846. The topological polar surface area (TPSA) is 69.6 Å². The van der Waals surface area contributed by atoms with Crippen molar-refractivity contribution < 1.29 is 14.7 Å². The summed E-state index contributed by atoms with van der Waals surface area (Å²) in [6, 6.07) is 0. The second-order valence-electron chi connectivity index (χ2n) is 5.49. The summed E-state index contributed by atoms with van der Waals surface area (Å²) in [4.78, 5) is 24.7. The van der Waals surface area contributed by atoms with Crippen molar-refractivity contribution in [3.05, 3.63) is 0 Å². The molecule has 18 heavy (non-hydrogen) atoms. The van der Waals surface area contributed by atoms with Gasteiger partial charge in [-0.05, 0) is 39.2 Å². The van der Waals surface area contributed by atoms with Crippen LogP contribution in [0.4, 0.5) is 0 Å². The summed E-state index contributed by atoms with van der Waals surface area (Å²) in [5.41, 5.74) is -0.531. The van der Waals surface area contributed by atoms with Gasteiger partial charge in [-0.3, -0.25) is 9.59 Å². The van der Waals surface area contributed by atoms with Crippen LogP contribution in [0.3, 0.4) is 0 Å². The maximum Gasteiger partial charge on any atom is 0.303 e. The standard InChI is InChI=1S/C13H24N2O3/c1-4-14-13(2,3)12(18)15-8-7-10(9-15)5-6-11(16)17/h10,14H,4-9H2,1-3H3,(H,16,17). The van der Waals surface area contributed by atoms with E-state index in [0.717, 1.165) is 19.5 Å². The van der Waals surface area contributed by atoms with Gasteiger partial charge in [0.05, 0.1) is 5.54 Å². The molecule has 0 radical (unpaired) electrons. The van der Waals surface area contributed by atoms with E-state index < -0.39 is 11.5 Å². The highest BCUT2D eigenvalue weighted by Crippen LogP contribution is 2.23. The Kier molecular flexibility index (Phi) is 5.14. The van der Waals surface area contributed by atoms with Crippen molar-refractivity contribution in [3.63, 3.8) is 0 Å². The monoisotopic (exact) mass is 256 g/mol. The molecule has 1 rings (SSSR count). The zero-order valence-electron chi connectivity index (χ0n) is 11.5. The molecule has 0 aromatic rings. The van der Waals surface area contributed by atoms with Gasteiger partial charge >= 0.3 is 5.97 Å². The van der Waals surface area contributed by atoms with Crippen LogP contribution in [0.5, 0.6) is 0 Å². The summed E-state index contributed by atoms with van der Waals surface area (Å²) < 4.78 is 0. The molecule has 0 saturated carbocycles. The number of carbonyl (C=O) groups excluding carboxylic acids is 1. The summed E-state index contributed by atoms with van der Waals surface area (Å²) >= 11 is 0. The predicted molar refractivity (Wildman–Crippen MR) is 69.3 cm³/mol. The first-order chi connectivity index (χ1) is 8.36. The van der Waals surface area contributed by atoms with Crippen LogP contribution in [0, 0.1) is 5.92 Å². The summed E-state index contributed by atoms with van der Waals surface area (Å²) in [7, 11) is 0. The number of carboxylic acid groups (broad SMARTS) is 1. The van der Waals surface area contributed by atoms with Gasteiger partial charge < -0.3 is 15.3 Å². The maximum absolute atomic E-state index is 12.3. The average molecular weight is 256 g/mol. The first-order valence-corrected chi connectivity index (χ1v) is 6.63. The number of hydrogen-bond acceptors (Lipinski definition) is 3.